The molecule has 0 aliphatic rings. The summed E-state index contributed by atoms with van der Waals surface area (Å²) in [5, 5.41) is 11.8. The van der Waals surface area contributed by atoms with Gasteiger partial charge in [0.25, 0.3) is 5.56 Å². The maximum Gasteiger partial charge on any atom is 0.255 e. The van der Waals surface area contributed by atoms with Crippen LogP contribution in [0.5, 0.6) is 0 Å². The number of hydrogen-bond acceptors (Lipinski definition) is 5. The van der Waals surface area contributed by atoms with Crippen LogP contribution >= 0.6 is 11.8 Å². The van der Waals surface area contributed by atoms with E-state index in [1.165, 1.54) is 11.8 Å². The number of H-pyrrole nitrogens is 1. The normalized spacial score (nSPS) is 11.8. The second kappa shape index (κ2) is 9.34. The number of aliphatic hydroxyl groups excluding tert-OH is 1. The minimum Gasteiger partial charge on any atom is -0.396 e. The van der Waals surface area contributed by atoms with Crippen molar-refractivity contribution in [3.05, 3.63) is 87.8 Å². The van der Waals surface area contributed by atoms with Crippen molar-refractivity contribution in [2.75, 3.05) is 11.9 Å². The molecule has 1 aromatic heterocycles. The topological polar surface area (TPSA) is 95.1 Å². The number of nitrogens with zero attached hydrogens (tertiary/aromatic N) is 1. The van der Waals surface area contributed by atoms with E-state index in [1.54, 1.807) is 6.92 Å². The van der Waals surface area contributed by atoms with Gasteiger partial charge < -0.3 is 15.4 Å². The van der Waals surface area contributed by atoms with Crippen molar-refractivity contribution in [2.24, 2.45) is 0 Å². The van der Waals surface area contributed by atoms with Crippen molar-refractivity contribution in [3.8, 4) is 0 Å². The summed E-state index contributed by atoms with van der Waals surface area (Å²) in [4.78, 5) is 32.4. The van der Waals surface area contributed by atoms with Crippen molar-refractivity contribution < 1.29 is 9.90 Å². The van der Waals surface area contributed by atoms with Crippen molar-refractivity contribution in [1.29, 1.82) is 0 Å². The first kappa shape index (κ1) is 19.9. The number of aryl methyl sites for hydroxylation is 1. The Morgan fingerprint density at radius 3 is 2.39 bits per heavy atom. The third-order valence-corrected chi connectivity index (χ3v) is 5.31. The molecule has 1 atom stereocenters. The molecule has 6 nitrogen and oxygen atoms in total. The molecule has 3 rings (SSSR count). The molecule has 0 aliphatic carbocycles. The highest BCUT2D eigenvalue weighted by Crippen LogP contribution is 2.34. The Morgan fingerprint density at radius 1 is 1.14 bits per heavy atom. The molecule has 0 saturated heterocycles. The van der Waals surface area contributed by atoms with Gasteiger partial charge in [-0.15, -0.1) is 0 Å². The molecule has 144 valence electrons. The van der Waals surface area contributed by atoms with E-state index in [-0.39, 0.29) is 24.5 Å². The summed E-state index contributed by atoms with van der Waals surface area (Å²) in [5.41, 5.74) is 2.22. The van der Waals surface area contributed by atoms with Gasteiger partial charge in [-0.2, -0.15) is 0 Å². The Morgan fingerprint density at radius 2 is 1.79 bits per heavy atom. The number of anilines is 1. The van der Waals surface area contributed by atoms with E-state index in [0.717, 1.165) is 5.56 Å². The molecule has 0 aliphatic heterocycles. The van der Waals surface area contributed by atoms with E-state index in [1.807, 2.05) is 60.7 Å². The fourth-order valence-corrected chi connectivity index (χ4v) is 3.81. The number of benzene rings is 2. The van der Waals surface area contributed by atoms with E-state index >= 15 is 0 Å². The first-order chi connectivity index (χ1) is 13.6. The van der Waals surface area contributed by atoms with Crippen LogP contribution < -0.4 is 10.9 Å². The first-order valence-electron chi connectivity index (χ1n) is 8.86. The summed E-state index contributed by atoms with van der Waals surface area (Å²) in [6.07, 6.45) is 0.246. The Hall–Kier alpha value is -2.90. The van der Waals surface area contributed by atoms with Crippen LogP contribution in [-0.2, 0) is 11.2 Å². The summed E-state index contributed by atoms with van der Waals surface area (Å²) < 4.78 is 0. The average Bonchev–Trinajstić information content (AvgIpc) is 2.70. The number of hydrogen-bond donors (Lipinski definition) is 3. The third-order valence-electron chi connectivity index (χ3n) is 4.17. The lowest BCUT2D eigenvalue weighted by Gasteiger charge is -2.17. The van der Waals surface area contributed by atoms with Crippen LogP contribution in [0.3, 0.4) is 0 Å². The average molecular weight is 395 g/mol. The Labute approximate surface area is 167 Å². The molecule has 3 N–H and O–H groups in total. The van der Waals surface area contributed by atoms with E-state index in [4.69, 9.17) is 5.11 Å². The van der Waals surface area contributed by atoms with Crippen molar-refractivity contribution in [1.82, 2.24) is 9.97 Å². The molecule has 1 amide bonds. The predicted molar refractivity (Wildman–Crippen MR) is 110 cm³/mol. The quantitative estimate of drug-likeness (QED) is 0.422. The van der Waals surface area contributed by atoms with Gasteiger partial charge in [0.15, 0.2) is 5.16 Å². The summed E-state index contributed by atoms with van der Waals surface area (Å²) in [6.45, 7) is 1.61. The zero-order valence-corrected chi connectivity index (χ0v) is 16.2. The van der Waals surface area contributed by atoms with Crippen LogP contribution in [-0.4, -0.2) is 27.6 Å². The van der Waals surface area contributed by atoms with E-state index in [0.29, 0.717) is 22.1 Å². The minimum absolute atomic E-state index is 0.121. The fraction of sp³-hybridized carbons (Fsp3) is 0.190. The summed E-state index contributed by atoms with van der Waals surface area (Å²) in [7, 11) is 0. The molecule has 0 saturated carbocycles. The first-order valence-corrected chi connectivity index (χ1v) is 9.74. The lowest BCUT2D eigenvalue weighted by molar-refractivity contribution is -0.115. The number of aromatic nitrogens is 2. The molecular weight excluding hydrogens is 374 g/mol. The molecule has 1 unspecified atom stereocenters. The van der Waals surface area contributed by atoms with Gasteiger partial charge in [-0.05, 0) is 24.6 Å². The number of nitrogens with one attached hydrogen (secondary N) is 2. The van der Waals surface area contributed by atoms with Crippen molar-refractivity contribution >= 4 is 23.4 Å². The van der Waals surface area contributed by atoms with Gasteiger partial charge in [0.05, 0.1) is 0 Å². The maximum absolute atomic E-state index is 13.0. The second-order valence-corrected chi connectivity index (χ2v) is 7.27. The Kier molecular flexibility index (Phi) is 6.62. The summed E-state index contributed by atoms with van der Waals surface area (Å²) in [6, 6.07) is 18.6. The lowest BCUT2D eigenvalue weighted by Crippen LogP contribution is -2.21. The predicted octanol–water partition coefficient (Wildman–Crippen LogP) is 3.09. The monoisotopic (exact) mass is 395 g/mol. The Balaban J connectivity index is 1.90. The molecule has 3 aromatic rings. The van der Waals surface area contributed by atoms with Gasteiger partial charge >= 0.3 is 0 Å². The van der Waals surface area contributed by atoms with Gasteiger partial charge in [0.2, 0.25) is 5.91 Å². The van der Waals surface area contributed by atoms with Crippen LogP contribution in [0.1, 0.15) is 22.1 Å². The number of carbonyl (C=O) groups excluding carboxylic acids is 1. The molecule has 0 fully saturated rings. The molecule has 0 radical (unpaired) electrons. The number of para-hydroxylation sites is 1. The highest BCUT2D eigenvalue weighted by atomic mass is 32.2. The van der Waals surface area contributed by atoms with Crippen LogP contribution in [0.25, 0.3) is 0 Å². The fourth-order valence-electron chi connectivity index (χ4n) is 2.79. The number of thioether (sulfide) groups is 1. The number of amides is 1. The van der Waals surface area contributed by atoms with Gasteiger partial charge in [-0.1, -0.05) is 60.3 Å². The zero-order chi connectivity index (χ0) is 19.9. The molecule has 1 heterocycles. The molecule has 2 aromatic carbocycles. The minimum atomic E-state index is -0.590. The smallest absolute Gasteiger partial charge is 0.255 e. The van der Waals surface area contributed by atoms with E-state index in [2.05, 4.69) is 15.3 Å². The second-order valence-electron chi connectivity index (χ2n) is 6.17. The van der Waals surface area contributed by atoms with Crippen LogP contribution in [0.2, 0.25) is 0 Å². The highest BCUT2D eigenvalue weighted by Gasteiger charge is 2.24. The molecule has 7 heteroatoms. The molecule has 0 spiro atoms. The number of aromatic amines is 1. The number of aliphatic hydroxyl groups is 1. The molecular formula is C21H21N3O3S. The van der Waals surface area contributed by atoms with Gasteiger partial charge in [-0.3, -0.25) is 9.59 Å². The third kappa shape index (κ3) is 4.88. The maximum atomic E-state index is 13.0. The summed E-state index contributed by atoms with van der Waals surface area (Å²) in [5.74, 6) is -0.206. The largest absolute Gasteiger partial charge is 0.396 e. The van der Waals surface area contributed by atoms with Crippen molar-refractivity contribution in [2.45, 2.75) is 23.8 Å². The van der Waals surface area contributed by atoms with Gasteiger partial charge in [0.1, 0.15) is 5.25 Å². The number of rotatable bonds is 7. The van der Waals surface area contributed by atoms with E-state index in [9.17, 15) is 9.59 Å². The van der Waals surface area contributed by atoms with Crippen molar-refractivity contribution in [3.63, 3.8) is 0 Å². The zero-order valence-electron chi connectivity index (χ0n) is 15.4. The molecule has 0 bridgehead atoms. The van der Waals surface area contributed by atoms with E-state index < -0.39 is 5.25 Å². The van der Waals surface area contributed by atoms with Gasteiger partial charge in [-0.25, -0.2) is 4.98 Å². The van der Waals surface area contributed by atoms with Crippen LogP contribution in [0, 0.1) is 6.92 Å². The number of carbonyl (C=O) groups is 1. The highest BCUT2D eigenvalue weighted by molar-refractivity contribution is 8.00. The standard InChI is InChI=1S/C21H21N3O3S/c1-14-17(12-13-25)19(26)24-21(22-14)28-18(15-8-4-2-5-9-15)20(27)23-16-10-6-3-7-11-16/h2-11,18,25H,12-13H2,1H3,(H,23,27)(H,22,24,26). The SMILES string of the molecule is Cc1nc(SC(C(=O)Nc2ccccc2)c2ccccc2)[nH]c(=O)c1CCO. The summed E-state index contributed by atoms with van der Waals surface area (Å²) >= 11 is 1.18. The molecule has 28 heavy (non-hydrogen) atoms. The van der Waals surface area contributed by atoms with Crippen LogP contribution in [0.15, 0.2) is 70.6 Å². The lowest BCUT2D eigenvalue weighted by atomic mass is 10.1. The van der Waals surface area contributed by atoms with Gasteiger partial charge in [0, 0.05) is 30.0 Å². The van der Waals surface area contributed by atoms with Crippen LogP contribution in [0.4, 0.5) is 5.69 Å². The Bertz CT molecular complexity index is 991.